The molecule has 3 heteroatoms. The van der Waals surface area contributed by atoms with Crippen LogP contribution in [0.1, 0.15) is 33.6 Å². The Balaban J connectivity index is 3.47. The molecule has 0 aromatic rings. The van der Waals surface area contributed by atoms with Crippen LogP contribution in [0.15, 0.2) is 0 Å². The van der Waals surface area contributed by atoms with Crippen LogP contribution in [0.2, 0.25) is 0 Å². The molecule has 0 saturated heterocycles. The molecule has 0 aromatic heterocycles. The summed E-state index contributed by atoms with van der Waals surface area (Å²) in [7, 11) is 0. The molecule has 0 aliphatic heterocycles. The van der Waals surface area contributed by atoms with E-state index < -0.39 is 0 Å². The van der Waals surface area contributed by atoms with E-state index in [1.54, 1.807) is 0 Å². The SMILES string of the molecule is CCC[CH]N(COCC)COCC. The monoisotopic (exact) mass is 188 g/mol. The first-order chi connectivity index (χ1) is 6.35. The predicted molar refractivity (Wildman–Crippen MR) is 54.0 cm³/mol. The summed E-state index contributed by atoms with van der Waals surface area (Å²) in [5.41, 5.74) is 0. The van der Waals surface area contributed by atoms with E-state index in [9.17, 15) is 0 Å². The second-order valence-corrected chi connectivity index (χ2v) is 2.80. The van der Waals surface area contributed by atoms with Gasteiger partial charge in [-0.2, -0.15) is 0 Å². The molecule has 0 bridgehead atoms. The Bertz CT molecular complexity index is 79.9. The fraction of sp³-hybridized carbons (Fsp3) is 0.900. The van der Waals surface area contributed by atoms with E-state index in [4.69, 9.17) is 9.47 Å². The van der Waals surface area contributed by atoms with Crippen molar-refractivity contribution in [1.29, 1.82) is 0 Å². The minimum Gasteiger partial charge on any atom is -0.366 e. The Labute approximate surface area is 82.0 Å². The van der Waals surface area contributed by atoms with E-state index in [0.29, 0.717) is 13.5 Å². The molecule has 1 radical (unpaired) electrons. The Morgan fingerprint density at radius 2 is 1.54 bits per heavy atom. The third-order valence-electron chi connectivity index (χ3n) is 1.60. The van der Waals surface area contributed by atoms with Crippen molar-refractivity contribution in [2.75, 3.05) is 26.7 Å². The Kier molecular flexibility index (Phi) is 9.87. The number of ether oxygens (including phenoxy) is 2. The van der Waals surface area contributed by atoms with Crippen molar-refractivity contribution in [2.45, 2.75) is 33.6 Å². The summed E-state index contributed by atoms with van der Waals surface area (Å²) in [5, 5.41) is 0. The van der Waals surface area contributed by atoms with Crippen molar-refractivity contribution >= 4 is 0 Å². The lowest BCUT2D eigenvalue weighted by atomic mass is 10.3. The van der Waals surface area contributed by atoms with Gasteiger partial charge in [-0.15, -0.1) is 0 Å². The van der Waals surface area contributed by atoms with Gasteiger partial charge in [-0.1, -0.05) is 13.3 Å². The standard InChI is InChI=1S/C10H22NO2/c1-4-7-8-11(9-12-5-2)10-13-6-3/h8H,4-7,9-10H2,1-3H3. The van der Waals surface area contributed by atoms with Crippen molar-refractivity contribution in [3.8, 4) is 0 Å². The molecule has 0 heterocycles. The molecule has 0 fully saturated rings. The maximum absolute atomic E-state index is 5.30. The molecule has 13 heavy (non-hydrogen) atoms. The Hall–Kier alpha value is -0.120. The molecule has 0 aromatic carbocycles. The van der Waals surface area contributed by atoms with Gasteiger partial charge in [0.05, 0.1) is 0 Å². The highest BCUT2D eigenvalue weighted by Gasteiger charge is 2.03. The van der Waals surface area contributed by atoms with Crippen LogP contribution in [-0.4, -0.2) is 31.6 Å². The molecule has 0 unspecified atom stereocenters. The van der Waals surface area contributed by atoms with Crippen LogP contribution in [0.5, 0.6) is 0 Å². The first-order valence-electron chi connectivity index (χ1n) is 5.07. The lowest BCUT2D eigenvalue weighted by Crippen LogP contribution is -2.26. The van der Waals surface area contributed by atoms with Crippen LogP contribution in [0.4, 0.5) is 0 Å². The number of unbranched alkanes of at least 4 members (excludes halogenated alkanes) is 1. The van der Waals surface area contributed by atoms with Crippen LogP contribution in [-0.2, 0) is 9.47 Å². The summed E-state index contributed by atoms with van der Waals surface area (Å²) in [6.45, 7) is 11.1. The summed E-state index contributed by atoms with van der Waals surface area (Å²) in [4.78, 5) is 2.07. The van der Waals surface area contributed by atoms with E-state index in [0.717, 1.165) is 26.1 Å². The lowest BCUT2D eigenvalue weighted by molar-refractivity contribution is -0.0240. The van der Waals surface area contributed by atoms with Gasteiger partial charge < -0.3 is 9.47 Å². The van der Waals surface area contributed by atoms with Crippen molar-refractivity contribution in [3.63, 3.8) is 0 Å². The molecule has 0 saturated carbocycles. The third-order valence-corrected chi connectivity index (χ3v) is 1.60. The smallest absolute Gasteiger partial charge is 0.101 e. The average Bonchev–Trinajstić information content (AvgIpc) is 2.17. The highest BCUT2D eigenvalue weighted by atomic mass is 16.5. The first kappa shape index (κ1) is 12.9. The first-order valence-corrected chi connectivity index (χ1v) is 5.07. The van der Waals surface area contributed by atoms with Crippen LogP contribution >= 0.6 is 0 Å². The second-order valence-electron chi connectivity index (χ2n) is 2.80. The number of rotatable bonds is 9. The summed E-state index contributed by atoms with van der Waals surface area (Å²) >= 11 is 0. The summed E-state index contributed by atoms with van der Waals surface area (Å²) in [6.07, 6.45) is 2.24. The molecular weight excluding hydrogens is 166 g/mol. The highest BCUT2D eigenvalue weighted by molar-refractivity contribution is 4.61. The quantitative estimate of drug-likeness (QED) is 0.518. The van der Waals surface area contributed by atoms with Gasteiger partial charge in [-0.25, -0.2) is 0 Å². The topological polar surface area (TPSA) is 21.7 Å². The Morgan fingerprint density at radius 3 is 1.92 bits per heavy atom. The van der Waals surface area contributed by atoms with Gasteiger partial charge in [0, 0.05) is 19.8 Å². The van der Waals surface area contributed by atoms with Gasteiger partial charge in [0.2, 0.25) is 0 Å². The molecule has 0 rings (SSSR count). The normalized spacial score (nSPS) is 11.1. The zero-order valence-electron chi connectivity index (χ0n) is 9.08. The van der Waals surface area contributed by atoms with Crippen LogP contribution in [0.3, 0.4) is 0 Å². The van der Waals surface area contributed by atoms with E-state index in [1.807, 2.05) is 13.8 Å². The summed E-state index contributed by atoms with van der Waals surface area (Å²) < 4.78 is 10.6. The maximum atomic E-state index is 5.30. The van der Waals surface area contributed by atoms with E-state index in [2.05, 4.69) is 18.4 Å². The van der Waals surface area contributed by atoms with E-state index >= 15 is 0 Å². The van der Waals surface area contributed by atoms with Gasteiger partial charge in [-0.3, -0.25) is 4.90 Å². The molecule has 0 N–H and O–H groups in total. The summed E-state index contributed by atoms with van der Waals surface area (Å²) in [6, 6.07) is 0. The highest BCUT2D eigenvalue weighted by Crippen LogP contribution is 2.00. The number of nitrogens with zero attached hydrogens (tertiary/aromatic N) is 1. The van der Waals surface area contributed by atoms with Gasteiger partial charge in [-0.05, 0) is 20.3 Å². The van der Waals surface area contributed by atoms with Crippen LogP contribution < -0.4 is 0 Å². The summed E-state index contributed by atoms with van der Waals surface area (Å²) in [5.74, 6) is 0. The fourth-order valence-electron chi connectivity index (χ4n) is 0.871. The second kappa shape index (κ2) is 9.96. The Morgan fingerprint density at radius 1 is 1.00 bits per heavy atom. The minimum absolute atomic E-state index is 0.635. The van der Waals surface area contributed by atoms with E-state index in [1.165, 1.54) is 0 Å². The molecule has 0 spiro atoms. The van der Waals surface area contributed by atoms with Crippen LogP contribution in [0.25, 0.3) is 0 Å². The lowest BCUT2D eigenvalue weighted by Gasteiger charge is -2.20. The van der Waals surface area contributed by atoms with Crippen molar-refractivity contribution in [2.24, 2.45) is 0 Å². The molecule has 0 amide bonds. The zero-order chi connectivity index (χ0) is 9.94. The predicted octanol–water partition coefficient (Wildman–Crippen LogP) is 2.24. The number of hydrogen-bond donors (Lipinski definition) is 0. The molecular formula is C10H22NO2. The molecule has 0 atom stereocenters. The van der Waals surface area contributed by atoms with Gasteiger partial charge in [0.1, 0.15) is 13.5 Å². The molecule has 0 aliphatic carbocycles. The van der Waals surface area contributed by atoms with Crippen molar-refractivity contribution in [1.82, 2.24) is 4.90 Å². The molecule has 3 nitrogen and oxygen atoms in total. The fourth-order valence-corrected chi connectivity index (χ4v) is 0.871. The zero-order valence-corrected chi connectivity index (χ0v) is 9.08. The molecule has 0 aliphatic rings. The van der Waals surface area contributed by atoms with Gasteiger partial charge in [0.15, 0.2) is 0 Å². The van der Waals surface area contributed by atoms with Gasteiger partial charge >= 0.3 is 0 Å². The maximum Gasteiger partial charge on any atom is 0.101 e. The van der Waals surface area contributed by atoms with Gasteiger partial charge in [0.25, 0.3) is 0 Å². The van der Waals surface area contributed by atoms with Crippen molar-refractivity contribution in [3.05, 3.63) is 6.54 Å². The number of hydrogen-bond acceptors (Lipinski definition) is 3. The van der Waals surface area contributed by atoms with E-state index in [-0.39, 0.29) is 0 Å². The third kappa shape index (κ3) is 8.22. The minimum atomic E-state index is 0.635. The molecule has 79 valence electrons. The van der Waals surface area contributed by atoms with Crippen molar-refractivity contribution < 1.29 is 9.47 Å². The largest absolute Gasteiger partial charge is 0.366 e. The average molecular weight is 188 g/mol. The van der Waals surface area contributed by atoms with Crippen LogP contribution in [0, 0.1) is 6.54 Å².